The summed E-state index contributed by atoms with van der Waals surface area (Å²) in [7, 11) is 0. The van der Waals surface area contributed by atoms with Gasteiger partial charge in [-0.15, -0.1) is 0 Å². The predicted octanol–water partition coefficient (Wildman–Crippen LogP) is 3.22. The molecule has 3 heterocycles. The number of fused-ring (bicyclic) bond motifs is 4. The zero-order valence-corrected chi connectivity index (χ0v) is 16.0. The zero-order chi connectivity index (χ0) is 19.3. The lowest BCUT2D eigenvalue weighted by molar-refractivity contribution is -0.135. The highest BCUT2D eigenvalue weighted by Crippen LogP contribution is 2.29. The Morgan fingerprint density at radius 3 is 2.36 bits per heavy atom. The fourth-order valence-corrected chi connectivity index (χ4v) is 4.23. The van der Waals surface area contributed by atoms with Crippen molar-refractivity contribution in [3.8, 4) is 5.75 Å². The van der Waals surface area contributed by atoms with Crippen LogP contribution in [0.2, 0.25) is 0 Å². The Kier molecular flexibility index (Phi) is 5.60. The van der Waals surface area contributed by atoms with Crippen molar-refractivity contribution >= 4 is 11.8 Å². The summed E-state index contributed by atoms with van der Waals surface area (Å²) < 4.78 is 5.68. The molecule has 5 nitrogen and oxygen atoms in total. The van der Waals surface area contributed by atoms with Crippen LogP contribution in [0.25, 0.3) is 0 Å². The number of benzene rings is 2. The second kappa shape index (κ2) is 8.46. The van der Waals surface area contributed by atoms with E-state index < -0.39 is 0 Å². The van der Waals surface area contributed by atoms with Gasteiger partial charge in [-0.1, -0.05) is 36.4 Å². The number of para-hydroxylation sites is 1. The Labute approximate surface area is 165 Å². The van der Waals surface area contributed by atoms with Crippen molar-refractivity contribution in [3.63, 3.8) is 0 Å². The van der Waals surface area contributed by atoms with Crippen LogP contribution in [-0.4, -0.2) is 53.9 Å². The van der Waals surface area contributed by atoms with E-state index in [9.17, 15) is 9.59 Å². The highest BCUT2D eigenvalue weighted by Gasteiger charge is 2.38. The average Bonchev–Trinajstić information content (AvgIpc) is 3.07. The molecule has 3 aliphatic heterocycles. The molecule has 146 valence electrons. The van der Waals surface area contributed by atoms with Crippen molar-refractivity contribution < 1.29 is 14.3 Å². The fraction of sp³-hybridized carbons (Fsp3) is 0.391. The maximum Gasteiger partial charge on any atom is 0.253 e. The van der Waals surface area contributed by atoms with Gasteiger partial charge in [-0.25, -0.2) is 0 Å². The van der Waals surface area contributed by atoms with Gasteiger partial charge in [-0.2, -0.15) is 0 Å². The molecule has 0 radical (unpaired) electrons. The number of hydrogen-bond acceptors (Lipinski definition) is 3. The summed E-state index contributed by atoms with van der Waals surface area (Å²) in [6, 6.07) is 19.1. The topological polar surface area (TPSA) is 49.9 Å². The van der Waals surface area contributed by atoms with Crippen LogP contribution in [0.3, 0.4) is 0 Å². The van der Waals surface area contributed by atoms with Crippen molar-refractivity contribution in [2.75, 3.05) is 26.2 Å². The van der Waals surface area contributed by atoms with Gasteiger partial charge < -0.3 is 14.5 Å². The second-order valence-corrected chi connectivity index (χ2v) is 7.63. The standard InChI is InChI=1S/C23H26N2O3/c26-22(13-14-28-21-9-5-2-6-10-21)25-16-18-11-12-20(25)17-24(15-18)23(27)19-7-3-1-4-8-19/h1-10,18,20H,11-17H2/t18-,20+/m0/s1. The molecule has 2 bridgehead atoms. The summed E-state index contributed by atoms with van der Waals surface area (Å²) in [5.74, 6) is 1.33. The number of ether oxygens (including phenoxy) is 1. The molecule has 3 saturated heterocycles. The third-order valence-electron chi connectivity index (χ3n) is 5.67. The lowest BCUT2D eigenvalue weighted by atomic mass is 9.95. The van der Waals surface area contributed by atoms with Gasteiger partial charge in [0.2, 0.25) is 5.91 Å². The first-order valence-corrected chi connectivity index (χ1v) is 10.0. The summed E-state index contributed by atoms with van der Waals surface area (Å²) in [5.41, 5.74) is 0.720. The Morgan fingerprint density at radius 2 is 1.61 bits per heavy atom. The van der Waals surface area contributed by atoms with Crippen molar-refractivity contribution in [3.05, 3.63) is 66.2 Å². The molecule has 2 atom stereocenters. The molecule has 0 aromatic heterocycles. The highest BCUT2D eigenvalue weighted by molar-refractivity contribution is 5.94. The summed E-state index contributed by atoms with van der Waals surface area (Å²) in [4.78, 5) is 29.6. The highest BCUT2D eigenvalue weighted by atomic mass is 16.5. The normalized spacial score (nSPS) is 21.3. The third kappa shape index (κ3) is 4.19. The van der Waals surface area contributed by atoms with E-state index in [0.717, 1.165) is 37.2 Å². The Hall–Kier alpha value is -2.82. The van der Waals surface area contributed by atoms with Crippen LogP contribution >= 0.6 is 0 Å². The number of hydrogen-bond donors (Lipinski definition) is 0. The van der Waals surface area contributed by atoms with Crippen LogP contribution in [-0.2, 0) is 4.79 Å². The first kappa shape index (κ1) is 18.5. The zero-order valence-electron chi connectivity index (χ0n) is 16.0. The lowest BCUT2D eigenvalue weighted by Crippen LogP contribution is -2.48. The minimum Gasteiger partial charge on any atom is -0.493 e. The number of amides is 2. The van der Waals surface area contributed by atoms with Crippen LogP contribution in [0.1, 0.15) is 29.6 Å². The quantitative estimate of drug-likeness (QED) is 0.803. The molecule has 0 unspecified atom stereocenters. The number of rotatable bonds is 5. The summed E-state index contributed by atoms with van der Waals surface area (Å²) in [6.07, 6.45) is 2.41. The first-order chi connectivity index (χ1) is 13.7. The van der Waals surface area contributed by atoms with Gasteiger partial charge in [0, 0.05) is 31.2 Å². The molecule has 2 aromatic carbocycles. The van der Waals surface area contributed by atoms with Crippen LogP contribution in [0.15, 0.2) is 60.7 Å². The number of nitrogens with zero attached hydrogens (tertiary/aromatic N) is 2. The molecule has 0 spiro atoms. The molecular formula is C23H26N2O3. The summed E-state index contributed by atoms with van der Waals surface area (Å²) >= 11 is 0. The van der Waals surface area contributed by atoms with Gasteiger partial charge in [-0.05, 0) is 43.0 Å². The lowest BCUT2D eigenvalue weighted by Gasteiger charge is -2.36. The molecular weight excluding hydrogens is 352 g/mol. The van der Waals surface area contributed by atoms with E-state index in [-0.39, 0.29) is 17.9 Å². The van der Waals surface area contributed by atoms with Gasteiger partial charge in [0.1, 0.15) is 5.75 Å². The van der Waals surface area contributed by atoms with Crippen LogP contribution in [0.5, 0.6) is 5.75 Å². The minimum absolute atomic E-state index is 0.0687. The number of carbonyl (C=O) groups is 2. The maximum atomic E-state index is 12.9. The largest absolute Gasteiger partial charge is 0.493 e. The number of piperidine rings is 1. The van der Waals surface area contributed by atoms with E-state index in [0.29, 0.717) is 25.5 Å². The summed E-state index contributed by atoms with van der Waals surface area (Å²) in [6.45, 7) is 2.47. The molecule has 28 heavy (non-hydrogen) atoms. The predicted molar refractivity (Wildman–Crippen MR) is 107 cm³/mol. The maximum absolute atomic E-state index is 12.9. The molecule has 2 aromatic rings. The monoisotopic (exact) mass is 378 g/mol. The molecule has 2 amide bonds. The van der Waals surface area contributed by atoms with E-state index in [4.69, 9.17) is 4.74 Å². The molecule has 0 aliphatic carbocycles. The van der Waals surface area contributed by atoms with Gasteiger partial charge in [0.05, 0.1) is 13.0 Å². The van der Waals surface area contributed by atoms with E-state index in [2.05, 4.69) is 0 Å². The summed E-state index contributed by atoms with van der Waals surface area (Å²) in [5, 5.41) is 0. The van der Waals surface area contributed by atoms with E-state index in [1.165, 1.54) is 0 Å². The van der Waals surface area contributed by atoms with Gasteiger partial charge in [0.25, 0.3) is 5.91 Å². The van der Waals surface area contributed by atoms with Gasteiger partial charge in [0.15, 0.2) is 0 Å². The molecule has 3 aliphatic rings. The number of carbonyl (C=O) groups excluding carboxylic acids is 2. The molecule has 0 N–H and O–H groups in total. The van der Waals surface area contributed by atoms with Gasteiger partial charge >= 0.3 is 0 Å². The first-order valence-electron chi connectivity index (χ1n) is 10.0. The van der Waals surface area contributed by atoms with Crippen molar-refractivity contribution in [2.24, 2.45) is 5.92 Å². The van der Waals surface area contributed by atoms with E-state index in [1.807, 2.05) is 70.5 Å². The van der Waals surface area contributed by atoms with Crippen molar-refractivity contribution in [1.82, 2.24) is 9.80 Å². The molecule has 3 fully saturated rings. The third-order valence-corrected chi connectivity index (χ3v) is 5.67. The van der Waals surface area contributed by atoms with Crippen molar-refractivity contribution in [2.45, 2.75) is 25.3 Å². The smallest absolute Gasteiger partial charge is 0.253 e. The Morgan fingerprint density at radius 1 is 0.893 bits per heavy atom. The van der Waals surface area contributed by atoms with Gasteiger partial charge in [-0.3, -0.25) is 9.59 Å². The minimum atomic E-state index is 0.0687. The molecule has 5 heteroatoms. The van der Waals surface area contributed by atoms with Crippen LogP contribution in [0.4, 0.5) is 0 Å². The van der Waals surface area contributed by atoms with Crippen LogP contribution in [0, 0.1) is 5.92 Å². The molecule has 5 rings (SSSR count). The van der Waals surface area contributed by atoms with E-state index >= 15 is 0 Å². The van der Waals surface area contributed by atoms with Crippen molar-refractivity contribution in [1.29, 1.82) is 0 Å². The molecule has 0 saturated carbocycles. The SMILES string of the molecule is O=C(c1ccccc1)N1C[C@@H]2CC[C@H](C1)N(C(=O)CCOc1ccccc1)C2. The average molecular weight is 378 g/mol. The Bertz CT molecular complexity index is 809. The van der Waals surface area contributed by atoms with E-state index in [1.54, 1.807) is 0 Å². The fourth-order valence-electron chi connectivity index (χ4n) is 4.23. The second-order valence-electron chi connectivity index (χ2n) is 7.63. The Balaban J connectivity index is 1.36. The van der Waals surface area contributed by atoms with Crippen LogP contribution < -0.4 is 4.74 Å².